The predicted octanol–water partition coefficient (Wildman–Crippen LogP) is 3.69. The van der Waals surface area contributed by atoms with Gasteiger partial charge in [-0.3, -0.25) is 4.90 Å². The lowest BCUT2D eigenvalue weighted by atomic mass is 9.72. The molecule has 2 rings (SSSR count). The van der Waals surface area contributed by atoms with Crippen LogP contribution in [0.2, 0.25) is 0 Å². The Morgan fingerprint density at radius 2 is 1.85 bits per heavy atom. The van der Waals surface area contributed by atoms with Crippen LogP contribution in [0.4, 0.5) is 4.39 Å². The van der Waals surface area contributed by atoms with E-state index in [1.165, 1.54) is 25.7 Å². The zero-order chi connectivity index (χ0) is 14.6. The molecule has 0 atom stereocenters. The smallest absolute Gasteiger partial charge is 0.128 e. The summed E-state index contributed by atoms with van der Waals surface area (Å²) < 4.78 is 14.0. The van der Waals surface area contributed by atoms with E-state index in [-0.39, 0.29) is 5.82 Å². The SMILES string of the molecule is CCCC1(CCC)CN(Cc2ccc(CN)cc2F)C1. The number of nitrogens with two attached hydrogens (primary N) is 1. The molecule has 0 radical (unpaired) electrons. The normalized spacial score (nSPS) is 18.0. The first-order valence-electron chi connectivity index (χ1n) is 7.82. The Labute approximate surface area is 122 Å². The van der Waals surface area contributed by atoms with Crippen molar-refractivity contribution in [1.29, 1.82) is 0 Å². The summed E-state index contributed by atoms with van der Waals surface area (Å²) in [7, 11) is 0. The number of nitrogens with zero attached hydrogens (tertiary/aromatic N) is 1. The topological polar surface area (TPSA) is 29.3 Å². The van der Waals surface area contributed by atoms with Gasteiger partial charge in [0.15, 0.2) is 0 Å². The van der Waals surface area contributed by atoms with Crippen LogP contribution in [0.25, 0.3) is 0 Å². The van der Waals surface area contributed by atoms with Gasteiger partial charge in [-0.05, 0) is 29.9 Å². The lowest BCUT2D eigenvalue weighted by Gasteiger charge is -2.51. The van der Waals surface area contributed by atoms with Crippen molar-refractivity contribution in [3.05, 3.63) is 35.1 Å². The molecule has 0 aromatic heterocycles. The van der Waals surface area contributed by atoms with Crippen molar-refractivity contribution >= 4 is 0 Å². The molecule has 1 heterocycles. The van der Waals surface area contributed by atoms with Gasteiger partial charge in [0.2, 0.25) is 0 Å². The largest absolute Gasteiger partial charge is 0.326 e. The van der Waals surface area contributed by atoms with Crippen LogP contribution in [-0.4, -0.2) is 18.0 Å². The summed E-state index contributed by atoms with van der Waals surface area (Å²) in [6, 6.07) is 5.39. The second-order valence-corrected chi connectivity index (χ2v) is 6.28. The van der Waals surface area contributed by atoms with E-state index in [0.29, 0.717) is 12.0 Å². The molecule has 1 saturated heterocycles. The Kier molecular flexibility index (Phi) is 5.17. The van der Waals surface area contributed by atoms with Crippen molar-refractivity contribution in [2.24, 2.45) is 11.1 Å². The van der Waals surface area contributed by atoms with Gasteiger partial charge in [-0.25, -0.2) is 4.39 Å². The lowest BCUT2D eigenvalue weighted by molar-refractivity contribution is -0.0209. The summed E-state index contributed by atoms with van der Waals surface area (Å²) in [5, 5.41) is 0. The van der Waals surface area contributed by atoms with Crippen LogP contribution < -0.4 is 5.73 Å². The second-order valence-electron chi connectivity index (χ2n) is 6.28. The molecule has 1 aliphatic heterocycles. The Morgan fingerprint density at radius 1 is 1.20 bits per heavy atom. The molecule has 0 saturated carbocycles. The fourth-order valence-corrected chi connectivity index (χ4v) is 3.60. The Hall–Kier alpha value is -0.930. The van der Waals surface area contributed by atoms with E-state index < -0.39 is 0 Å². The van der Waals surface area contributed by atoms with Gasteiger partial charge in [0.25, 0.3) is 0 Å². The maximum Gasteiger partial charge on any atom is 0.128 e. The quantitative estimate of drug-likeness (QED) is 0.824. The third-order valence-corrected chi connectivity index (χ3v) is 4.43. The third kappa shape index (κ3) is 3.39. The van der Waals surface area contributed by atoms with Crippen molar-refractivity contribution in [2.75, 3.05) is 13.1 Å². The first-order valence-corrected chi connectivity index (χ1v) is 7.82. The molecule has 1 aliphatic rings. The predicted molar refractivity (Wildman–Crippen MR) is 81.8 cm³/mol. The first kappa shape index (κ1) is 15.5. The number of rotatable bonds is 7. The average molecular weight is 278 g/mol. The molecule has 3 heteroatoms. The van der Waals surface area contributed by atoms with Gasteiger partial charge in [0.1, 0.15) is 5.82 Å². The highest BCUT2D eigenvalue weighted by atomic mass is 19.1. The summed E-state index contributed by atoms with van der Waals surface area (Å²) in [6.45, 7) is 7.87. The van der Waals surface area contributed by atoms with Crippen LogP contribution in [0.1, 0.15) is 50.7 Å². The van der Waals surface area contributed by atoms with Crippen LogP contribution in [0.15, 0.2) is 18.2 Å². The van der Waals surface area contributed by atoms with Gasteiger partial charge in [-0.15, -0.1) is 0 Å². The van der Waals surface area contributed by atoms with Crippen LogP contribution >= 0.6 is 0 Å². The van der Waals surface area contributed by atoms with Gasteiger partial charge in [-0.2, -0.15) is 0 Å². The van der Waals surface area contributed by atoms with Crippen molar-refractivity contribution in [3.63, 3.8) is 0 Å². The summed E-state index contributed by atoms with van der Waals surface area (Å²) in [5.41, 5.74) is 7.69. The molecule has 0 amide bonds. The van der Waals surface area contributed by atoms with Crippen LogP contribution in [0, 0.1) is 11.2 Å². The maximum absolute atomic E-state index is 14.0. The molecule has 112 valence electrons. The average Bonchev–Trinajstić information content (AvgIpc) is 2.39. The van der Waals surface area contributed by atoms with E-state index in [0.717, 1.165) is 30.8 Å². The highest BCUT2D eigenvalue weighted by Gasteiger charge is 2.40. The summed E-state index contributed by atoms with van der Waals surface area (Å²) in [6.07, 6.45) is 5.08. The lowest BCUT2D eigenvalue weighted by Crippen LogP contribution is -2.55. The molecule has 1 aromatic rings. The van der Waals surface area contributed by atoms with Gasteiger partial charge in [0, 0.05) is 31.7 Å². The molecule has 0 aliphatic carbocycles. The van der Waals surface area contributed by atoms with Crippen LogP contribution in [0.3, 0.4) is 0 Å². The first-order chi connectivity index (χ1) is 9.62. The molecule has 0 unspecified atom stereocenters. The number of hydrogen-bond acceptors (Lipinski definition) is 2. The van der Waals surface area contributed by atoms with E-state index in [4.69, 9.17) is 5.73 Å². The van der Waals surface area contributed by atoms with Crippen molar-refractivity contribution in [2.45, 2.75) is 52.6 Å². The molecule has 20 heavy (non-hydrogen) atoms. The van der Waals surface area contributed by atoms with Crippen molar-refractivity contribution in [1.82, 2.24) is 4.90 Å². The zero-order valence-electron chi connectivity index (χ0n) is 12.8. The molecule has 2 nitrogen and oxygen atoms in total. The van der Waals surface area contributed by atoms with Crippen molar-refractivity contribution < 1.29 is 4.39 Å². The van der Waals surface area contributed by atoms with Crippen molar-refractivity contribution in [3.8, 4) is 0 Å². The number of benzene rings is 1. The fourth-order valence-electron chi connectivity index (χ4n) is 3.60. The minimum absolute atomic E-state index is 0.114. The molecule has 1 fully saturated rings. The van der Waals surface area contributed by atoms with E-state index in [9.17, 15) is 4.39 Å². The van der Waals surface area contributed by atoms with E-state index in [1.807, 2.05) is 12.1 Å². The van der Waals surface area contributed by atoms with Crippen LogP contribution in [0.5, 0.6) is 0 Å². The highest BCUT2D eigenvalue weighted by Crippen LogP contribution is 2.40. The zero-order valence-corrected chi connectivity index (χ0v) is 12.8. The van der Waals surface area contributed by atoms with Gasteiger partial charge >= 0.3 is 0 Å². The number of halogens is 1. The summed E-state index contributed by atoms with van der Waals surface area (Å²) in [5.74, 6) is -0.114. The molecular formula is C17H27FN2. The number of likely N-dealkylation sites (tertiary alicyclic amines) is 1. The minimum Gasteiger partial charge on any atom is -0.326 e. The fraction of sp³-hybridized carbons (Fsp3) is 0.647. The Balaban J connectivity index is 1.93. The molecular weight excluding hydrogens is 251 g/mol. The minimum atomic E-state index is -0.114. The highest BCUT2D eigenvalue weighted by molar-refractivity contribution is 5.24. The molecule has 1 aromatic carbocycles. The van der Waals surface area contributed by atoms with E-state index >= 15 is 0 Å². The summed E-state index contributed by atoms with van der Waals surface area (Å²) >= 11 is 0. The van der Waals surface area contributed by atoms with Gasteiger partial charge < -0.3 is 5.73 Å². The van der Waals surface area contributed by atoms with Gasteiger partial charge in [0.05, 0.1) is 0 Å². The molecule has 0 bridgehead atoms. The standard InChI is InChI=1S/C17H27FN2/c1-3-7-17(8-4-2)12-20(13-17)11-15-6-5-14(10-19)9-16(15)18/h5-6,9H,3-4,7-8,10-13,19H2,1-2H3. The van der Waals surface area contributed by atoms with Crippen LogP contribution in [-0.2, 0) is 13.1 Å². The Bertz CT molecular complexity index is 431. The molecule has 0 spiro atoms. The second kappa shape index (κ2) is 6.68. The Morgan fingerprint density at radius 3 is 2.35 bits per heavy atom. The maximum atomic E-state index is 14.0. The molecule has 2 N–H and O–H groups in total. The van der Waals surface area contributed by atoms with E-state index in [1.54, 1.807) is 6.07 Å². The van der Waals surface area contributed by atoms with Gasteiger partial charge in [-0.1, -0.05) is 38.8 Å². The van der Waals surface area contributed by atoms with E-state index in [2.05, 4.69) is 18.7 Å². The monoisotopic (exact) mass is 278 g/mol. The number of hydrogen-bond donors (Lipinski definition) is 1. The summed E-state index contributed by atoms with van der Waals surface area (Å²) in [4.78, 5) is 2.37. The third-order valence-electron chi connectivity index (χ3n) is 4.43.